The minimum absolute atomic E-state index is 0.0967. The van der Waals surface area contributed by atoms with Crippen molar-refractivity contribution in [1.82, 2.24) is 4.98 Å². The topological polar surface area (TPSA) is 33.2 Å². The van der Waals surface area contributed by atoms with Crippen molar-refractivity contribution in [2.45, 2.75) is 46.6 Å². The number of hydrogen-bond donors (Lipinski definition) is 0. The number of pyridine rings is 1. The van der Waals surface area contributed by atoms with E-state index in [0.717, 1.165) is 12.1 Å². The molecule has 0 aliphatic heterocycles. The first-order valence-electron chi connectivity index (χ1n) is 6.67. The number of anilines is 1. The third kappa shape index (κ3) is 3.83. The normalized spacial score (nSPS) is 12.6. The summed E-state index contributed by atoms with van der Waals surface area (Å²) in [5.41, 5.74) is 1.63. The van der Waals surface area contributed by atoms with E-state index < -0.39 is 0 Å². The molecule has 0 fully saturated rings. The number of Topliss-reactive ketones (excluding diaryl/α,β-unsaturated/α-hetero) is 1. The van der Waals surface area contributed by atoms with E-state index in [9.17, 15) is 4.79 Å². The first kappa shape index (κ1) is 14.7. The molecule has 1 atom stereocenters. The molecule has 0 saturated heterocycles. The Hall–Kier alpha value is -1.38. The molecule has 0 aliphatic carbocycles. The summed E-state index contributed by atoms with van der Waals surface area (Å²) in [6, 6.07) is 4.27. The lowest BCUT2D eigenvalue weighted by atomic mass is 10.0. The molecule has 1 aromatic rings. The van der Waals surface area contributed by atoms with E-state index in [4.69, 9.17) is 0 Å². The number of rotatable bonds is 6. The van der Waals surface area contributed by atoms with Crippen molar-refractivity contribution in [2.24, 2.45) is 5.92 Å². The molecule has 0 bridgehead atoms. The number of ketones is 1. The smallest absolute Gasteiger partial charge is 0.180 e. The lowest BCUT2D eigenvalue weighted by Crippen LogP contribution is -2.30. The van der Waals surface area contributed by atoms with E-state index in [1.165, 1.54) is 0 Å². The van der Waals surface area contributed by atoms with Crippen LogP contribution in [-0.2, 0) is 0 Å². The maximum atomic E-state index is 11.5. The molecule has 1 unspecified atom stereocenters. The van der Waals surface area contributed by atoms with Gasteiger partial charge in [0.1, 0.15) is 5.69 Å². The zero-order valence-electron chi connectivity index (χ0n) is 12.1. The van der Waals surface area contributed by atoms with Gasteiger partial charge in [0.2, 0.25) is 0 Å². The van der Waals surface area contributed by atoms with Gasteiger partial charge in [0, 0.05) is 19.5 Å². The molecule has 1 heterocycles. The van der Waals surface area contributed by atoms with Gasteiger partial charge in [-0.05, 0) is 31.4 Å². The molecule has 0 aromatic carbocycles. The van der Waals surface area contributed by atoms with Crippen molar-refractivity contribution in [2.75, 3.05) is 11.9 Å². The minimum atomic E-state index is 0.0967. The summed E-state index contributed by atoms with van der Waals surface area (Å²) in [5, 5.41) is 0. The Labute approximate surface area is 110 Å². The predicted octanol–water partition coefficient (Wildman–Crippen LogP) is 3.55. The second kappa shape index (κ2) is 6.53. The van der Waals surface area contributed by atoms with Crippen LogP contribution in [0.1, 0.15) is 51.0 Å². The van der Waals surface area contributed by atoms with E-state index >= 15 is 0 Å². The van der Waals surface area contributed by atoms with Gasteiger partial charge < -0.3 is 4.90 Å². The van der Waals surface area contributed by atoms with Crippen LogP contribution in [0.25, 0.3) is 0 Å². The average molecular weight is 248 g/mol. The maximum absolute atomic E-state index is 11.5. The van der Waals surface area contributed by atoms with Gasteiger partial charge in [0.25, 0.3) is 0 Å². The van der Waals surface area contributed by atoms with E-state index in [0.29, 0.717) is 24.1 Å². The molecule has 0 radical (unpaired) electrons. The molecule has 18 heavy (non-hydrogen) atoms. The van der Waals surface area contributed by atoms with Crippen LogP contribution < -0.4 is 4.90 Å². The van der Waals surface area contributed by atoms with Crippen LogP contribution in [0.5, 0.6) is 0 Å². The minimum Gasteiger partial charge on any atom is -0.371 e. The van der Waals surface area contributed by atoms with Gasteiger partial charge in [0.15, 0.2) is 5.78 Å². The monoisotopic (exact) mass is 248 g/mol. The van der Waals surface area contributed by atoms with Crippen molar-refractivity contribution >= 4 is 11.5 Å². The SMILES string of the molecule is CCC(=O)c1ccc(N(C)C(C)CC(C)C)cn1. The third-order valence-electron chi connectivity index (χ3n) is 3.24. The first-order valence-corrected chi connectivity index (χ1v) is 6.67. The van der Waals surface area contributed by atoms with E-state index in [1.807, 2.05) is 19.1 Å². The zero-order valence-corrected chi connectivity index (χ0v) is 12.1. The Bertz CT molecular complexity index is 384. The summed E-state index contributed by atoms with van der Waals surface area (Å²) >= 11 is 0. The van der Waals surface area contributed by atoms with Crippen molar-refractivity contribution in [3.63, 3.8) is 0 Å². The van der Waals surface area contributed by atoms with Crippen LogP contribution in [0.3, 0.4) is 0 Å². The Morgan fingerprint density at radius 1 is 1.33 bits per heavy atom. The molecule has 100 valence electrons. The van der Waals surface area contributed by atoms with E-state index in [1.54, 1.807) is 6.20 Å². The van der Waals surface area contributed by atoms with Crippen LogP contribution >= 0.6 is 0 Å². The summed E-state index contributed by atoms with van der Waals surface area (Å²) in [7, 11) is 2.07. The van der Waals surface area contributed by atoms with Crippen molar-refractivity contribution in [1.29, 1.82) is 0 Å². The molecule has 1 rings (SSSR count). The Balaban J connectivity index is 2.75. The Kier molecular flexibility index (Phi) is 5.32. The average Bonchev–Trinajstić information content (AvgIpc) is 2.36. The highest BCUT2D eigenvalue weighted by molar-refractivity contribution is 5.94. The molecule has 0 spiro atoms. The molecule has 0 aliphatic rings. The van der Waals surface area contributed by atoms with Crippen LogP contribution in [-0.4, -0.2) is 23.9 Å². The first-order chi connectivity index (χ1) is 8.45. The standard InChI is InChI=1S/C15H24N2O/c1-6-15(18)14-8-7-13(10-16-14)17(5)12(4)9-11(2)3/h7-8,10-12H,6,9H2,1-5H3. The van der Waals surface area contributed by atoms with Gasteiger partial charge in [-0.3, -0.25) is 9.78 Å². The molecule has 0 saturated carbocycles. The maximum Gasteiger partial charge on any atom is 0.180 e. The zero-order chi connectivity index (χ0) is 13.7. The van der Waals surface area contributed by atoms with Crippen LogP contribution in [0.4, 0.5) is 5.69 Å². The largest absolute Gasteiger partial charge is 0.371 e. The quantitative estimate of drug-likeness (QED) is 0.722. The number of hydrogen-bond acceptors (Lipinski definition) is 3. The predicted molar refractivity (Wildman–Crippen MR) is 76.2 cm³/mol. The van der Waals surface area contributed by atoms with Crippen molar-refractivity contribution in [3.05, 3.63) is 24.0 Å². The molecule has 3 nitrogen and oxygen atoms in total. The summed E-state index contributed by atoms with van der Waals surface area (Å²) in [5.74, 6) is 0.774. The summed E-state index contributed by atoms with van der Waals surface area (Å²) < 4.78 is 0. The van der Waals surface area contributed by atoms with Gasteiger partial charge >= 0.3 is 0 Å². The highest BCUT2D eigenvalue weighted by Gasteiger charge is 2.12. The van der Waals surface area contributed by atoms with Gasteiger partial charge in [0.05, 0.1) is 11.9 Å². The lowest BCUT2D eigenvalue weighted by molar-refractivity contribution is 0.0983. The molecular weight excluding hydrogens is 224 g/mol. The number of carbonyl (C=O) groups excluding carboxylic acids is 1. The molecule has 0 amide bonds. The van der Waals surface area contributed by atoms with Gasteiger partial charge in [-0.25, -0.2) is 0 Å². The summed E-state index contributed by atoms with van der Waals surface area (Å²) in [4.78, 5) is 18.0. The fraction of sp³-hybridized carbons (Fsp3) is 0.600. The number of nitrogens with zero attached hydrogens (tertiary/aromatic N) is 2. The van der Waals surface area contributed by atoms with Gasteiger partial charge in [-0.2, -0.15) is 0 Å². The van der Waals surface area contributed by atoms with Gasteiger partial charge in [-0.15, -0.1) is 0 Å². The molecule has 1 aromatic heterocycles. The van der Waals surface area contributed by atoms with Crippen molar-refractivity contribution < 1.29 is 4.79 Å². The highest BCUT2D eigenvalue weighted by atomic mass is 16.1. The fourth-order valence-corrected chi connectivity index (χ4v) is 2.04. The van der Waals surface area contributed by atoms with Gasteiger partial charge in [-0.1, -0.05) is 20.8 Å². The summed E-state index contributed by atoms with van der Waals surface area (Å²) in [6.45, 7) is 8.52. The third-order valence-corrected chi connectivity index (χ3v) is 3.24. The Morgan fingerprint density at radius 3 is 2.44 bits per heavy atom. The lowest BCUT2D eigenvalue weighted by Gasteiger charge is -2.28. The second-order valence-corrected chi connectivity index (χ2v) is 5.27. The Morgan fingerprint density at radius 2 is 2.00 bits per heavy atom. The molecule has 0 N–H and O–H groups in total. The number of carbonyl (C=O) groups is 1. The fourth-order valence-electron chi connectivity index (χ4n) is 2.04. The summed E-state index contributed by atoms with van der Waals surface area (Å²) in [6.07, 6.45) is 3.44. The van der Waals surface area contributed by atoms with E-state index in [-0.39, 0.29) is 5.78 Å². The second-order valence-electron chi connectivity index (χ2n) is 5.27. The van der Waals surface area contributed by atoms with Crippen molar-refractivity contribution in [3.8, 4) is 0 Å². The van der Waals surface area contributed by atoms with Crippen LogP contribution in [0, 0.1) is 5.92 Å². The van der Waals surface area contributed by atoms with Crippen LogP contribution in [0.2, 0.25) is 0 Å². The van der Waals surface area contributed by atoms with E-state index in [2.05, 4.69) is 37.7 Å². The molecule has 3 heteroatoms. The molecular formula is C15H24N2O. The highest BCUT2D eigenvalue weighted by Crippen LogP contribution is 2.18. The number of aromatic nitrogens is 1. The van der Waals surface area contributed by atoms with Crippen LogP contribution in [0.15, 0.2) is 18.3 Å².